The SMILES string of the molecule is CCC(C#N)(C(=O)O)C(C)C. The average Bonchev–Trinajstić information content (AvgIpc) is 1.90. The first-order valence-electron chi connectivity index (χ1n) is 3.66. The van der Waals surface area contributed by atoms with Gasteiger partial charge in [0.2, 0.25) is 0 Å². The highest BCUT2D eigenvalue weighted by Gasteiger charge is 2.40. The Morgan fingerprint density at radius 1 is 1.73 bits per heavy atom. The first-order chi connectivity index (χ1) is 5.01. The van der Waals surface area contributed by atoms with E-state index in [2.05, 4.69) is 0 Å². The van der Waals surface area contributed by atoms with Crippen molar-refractivity contribution < 1.29 is 9.90 Å². The van der Waals surface area contributed by atoms with Crippen LogP contribution in [0.3, 0.4) is 0 Å². The van der Waals surface area contributed by atoms with Crippen LogP contribution >= 0.6 is 0 Å². The van der Waals surface area contributed by atoms with Gasteiger partial charge in [-0.15, -0.1) is 0 Å². The fourth-order valence-corrected chi connectivity index (χ4v) is 1.06. The largest absolute Gasteiger partial charge is 0.480 e. The van der Waals surface area contributed by atoms with Crippen LogP contribution in [0.5, 0.6) is 0 Å². The number of rotatable bonds is 3. The minimum atomic E-state index is -1.19. The monoisotopic (exact) mass is 155 g/mol. The topological polar surface area (TPSA) is 61.1 Å². The van der Waals surface area contributed by atoms with Gasteiger partial charge in [-0.05, 0) is 12.3 Å². The van der Waals surface area contributed by atoms with Crippen molar-refractivity contribution in [2.24, 2.45) is 11.3 Å². The Labute approximate surface area is 66.6 Å². The molecule has 0 bridgehead atoms. The molecule has 0 spiro atoms. The van der Waals surface area contributed by atoms with Gasteiger partial charge in [0.1, 0.15) is 0 Å². The summed E-state index contributed by atoms with van der Waals surface area (Å²) in [6.07, 6.45) is 0.358. The molecule has 0 saturated heterocycles. The highest BCUT2D eigenvalue weighted by molar-refractivity contribution is 5.78. The Bertz CT molecular complexity index is 193. The van der Waals surface area contributed by atoms with Crippen LogP contribution in [0.25, 0.3) is 0 Å². The maximum atomic E-state index is 10.7. The first-order valence-corrected chi connectivity index (χ1v) is 3.66. The maximum absolute atomic E-state index is 10.7. The van der Waals surface area contributed by atoms with E-state index in [-0.39, 0.29) is 5.92 Å². The summed E-state index contributed by atoms with van der Waals surface area (Å²) < 4.78 is 0. The molecule has 0 aliphatic rings. The summed E-state index contributed by atoms with van der Waals surface area (Å²) in [5.74, 6) is -1.16. The van der Waals surface area contributed by atoms with Gasteiger partial charge in [-0.25, -0.2) is 0 Å². The second-order valence-corrected chi connectivity index (χ2v) is 2.90. The van der Waals surface area contributed by atoms with Crippen molar-refractivity contribution in [3.05, 3.63) is 0 Å². The van der Waals surface area contributed by atoms with Gasteiger partial charge in [0.25, 0.3) is 0 Å². The third-order valence-corrected chi connectivity index (χ3v) is 2.12. The standard InChI is InChI=1S/C8H13NO2/c1-4-8(5-9,6(2)3)7(10)11/h6H,4H2,1-3H3,(H,10,11). The Kier molecular flexibility index (Phi) is 3.06. The fourth-order valence-electron chi connectivity index (χ4n) is 1.06. The lowest BCUT2D eigenvalue weighted by molar-refractivity contribution is -0.147. The molecule has 0 amide bonds. The minimum Gasteiger partial charge on any atom is -0.480 e. The highest BCUT2D eigenvalue weighted by atomic mass is 16.4. The lowest BCUT2D eigenvalue weighted by atomic mass is 9.76. The molecule has 1 atom stereocenters. The molecule has 1 N–H and O–H groups in total. The molecule has 0 heterocycles. The number of aliphatic carboxylic acids is 1. The van der Waals surface area contributed by atoms with Gasteiger partial charge in [0, 0.05) is 0 Å². The predicted molar refractivity (Wildman–Crippen MR) is 40.8 cm³/mol. The van der Waals surface area contributed by atoms with E-state index in [9.17, 15) is 4.79 Å². The molecule has 0 radical (unpaired) electrons. The predicted octanol–water partition coefficient (Wildman–Crippen LogP) is 1.65. The molecule has 0 saturated carbocycles. The average molecular weight is 155 g/mol. The smallest absolute Gasteiger partial charge is 0.324 e. The summed E-state index contributed by atoms with van der Waals surface area (Å²) in [7, 11) is 0. The van der Waals surface area contributed by atoms with Crippen molar-refractivity contribution in [2.45, 2.75) is 27.2 Å². The van der Waals surface area contributed by atoms with Crippen LogP contribution in [0.1, 0.15) is 27.2 Å². The van der Waals surface area contributed by atoms with E-state index in [4.69, 9.17) is 10.4 Å². The lowest BCUT2D eigenvalue weighted by Gasteiger charge is -2.23. The zero-order chi connectivity index (χ0) is 9.07. The number of hydrogen-bond acceptors (Lipinski definition) is 2. The molecule has 11 heavy (non-hydrogen) atoms. The number of nitriles is 1. The Balaban J connectivity index is 4.80. The van der Waals surface area contributed by atoms with Crippen molar-refractivity contribution in [1.29, 1.82) is 5.26 Å². The fraction of sp³-hybridized carbons (Fsp3) is 0.750. The molecule has 62 valence electrons. The van der Waals surface area contributed by atoms with Crippen LogP contribution in [0.2, 0.25) is 0 Å². The van der Waals surface area contributed by atoms with Crippen molar-refractivity contribution in [2.75, 3.05) is 0 Å². The van der Waals surface area contributed by atoms with Gasteiger partial charge < -0.3 is 5.11 Å². The second-order valence-electron chi connectivity index (χ2n) is 2.90. The van der Waals surface area contributed by atoms with E-state index >= 15 is 0 Å². The van der Waals surface area contributed by atoms with Gasteiger partial charge in [-0.2, -0.15) is 5.26 Å². The Morgan fingerprint density at radius 2 is 2.18 bits per heavy atom. The van der Waals surface area contributed by atoms with Crippen LogP contribution in [0, 0.1) is 22.7 Å². The first kappa shape index (κ1) is 9.96. The summed E-state index contributed by atoms with van der Waals surface area (Å²) in [5.41, 5.74) is -1.19. The molecular formula is C8H13NO2. The van der Waals surface area contributed by atoms with Crippen molar-refractivity contribution >= 4 is 5.97 Å². The molecule has 0 aliphatic carbocycles. The zero-order valence-electron chi connectivity index (χ0n) is 7.09. The zero-order valence-corrected chi connectivity index (χ0v) is 7.09. The third kappa shape index (κ3) is 1.51. The van der Waals surface area contributed by atoms with Gasteiger partial charge in [-0.1, -0.05) is 20.8 Å². The lowest BCUT2D eigenvalue weighted by Crippen LogP contribution is -2.33. The van der Waals surface area contributed by atoms with E-state index < -0.39 is 11.4 Å². The van der Waals surface area contributed by atoms with E-state index in [0.717, 1.165) is 0 Å². The number of carboxylic acid groups (broad SMARTS) is 1. The third-order valence-electron chi connectivity index (χ3n) is 2.12. The summed E-state index contributed by atoms with van der Waals surface area (Å²) in [6, 6.07) is 1.86. The van der Waals surface area contributed by atoms with Crippen LogP contribution in [0.15, 0.2) is 0 Å². The van der Waals surface area contributed by atoms with E-state index in [1.54, 1.807) is 20.8 Å². The summed E-state index contributed by atoms with van der Waals surface area (Å²) in [5, 5.41) is 17.5. The van der Waals surface area contributed by atoms with Gasteiger partial charge in [0.15, 0.2) is 5.41 Å². The molecule has 1 unspecified atom stereocenters. The molecule has 3 nitrogen and oxygen atoms in total. The summed E-state index contributed by atoms with van der Waals surface area (Å²) in [4.78, 5) is 10.7. The van der Waals surface area contributed by atoms with Crippen LogP contribution < -0.4 is 0 Å². The number of carbonyl (C=O) groups is 1. The van der Waals surface area contributed by atoms with E-state index in [0.29, 0.717) is 6.42 Å². The summed E-state index contributed by atoms with van der Waals surface area (Å²) >= 11 is 0. The van der Waals surface area contributed by atoms with E-state index in [1.807, 2.05) is 6.07 Å². The van der Waals surface area contributed by atoms with Crippen LogP contribution in [0.4, 0.5) is 0 Å². The minimum absolute atomic E-state index is 0.144. The molecule has 3 heteroatoms. The summed E-state index contributed by atoms with van der Waals surface area (Å²) in [6.45, 7) is 5.22. The van der Waals surface area contributed by atoms with E-state index in [1.165, 1.54) is 0 Å². The molecule has 0 aromatic carbocycles. The molecule has 0 rings (SSSR count). The van der Waals surface area contributed by atoms with Crippen molar-refractivity contribution in [3.63, 3.8) is 0 Å². The Hall–Kier alpha value is -1.04. The normalized spacial score (nSPS) is 15.5. The van der Waals surface area contributed by atoms with Gasteiger partial charge in [-0.3, -0.25) is 4.79 Å². The van der Waals surface area contributed by atoms with Crippen LogP contribution in [-0.2, 0) is 4.79 Å². The van der Waals surface area contributed by atoms with Crippen molar-refractivity contribution in [1.82, 2.24) is 0 Å². The van der Waals surface area contributed by atoms with Crippen LogP contribution in [-0.4, -0.2) is 11.1 Å². The second kappa shape index (κ2) is 3.38. The maximum Gasteiger partial charge on any atom is 0.324 e. The molecule has 0 fully saturated rings. The molecule has 0 aromatic heterocycles. The van der Waals surface area contributed by atoms with Gasteiger partial charge in [0.05, 0.1) is 6.07 Å². The quantitative estimate of drug-likeness (QED) is 0.674. The Morgan fingerprint density at radius 3 is 2.18 bits per heavy atom. The highest BCUT2D eigenvalue weighted by Crippen LogP contribution is 2.30. The number of hydrogen-bond donors (Lipinski definition) is 1. The molecular weight excluding hydrogens is 142 g/mol. The number of carboxylic acids is 1. The number of nitrogens with zero attached hydrogens (tertiary/aromatic N) is 1. The van der Waals surface area contributed by atoms with Gasteiger partial charge >= 0.3 is 5.97 Å². The molecule has 0 aliphatic heterocycles. The molecule has 0 aromatic rings. The van der Waals surface area contributed by atoms with Crippen molar-refractivity contribution in [3.8, 4) is 6.07 Å².